The molecule has 1 atom stereocenters. The zero-order chi connectivity index (χ0) is 17.6. The number of carbonyl (C=O) groups excluding carboxylic acids is 2. The van der Waals surface area contributed by atoms with E-state index < -0.39 is 0 Å². The predicted molar refractivity (Wildman–Crippen MR) is 94.9 cm³/mol. The molecule has 23 heavy (non-hydrogen) atoms. The Labute approximate surface area is 139 Å². The summed E-state index contributed by atoms with van der Waals surface area (Å²) in [4.78, 5) is 25.9. The first-order valence-electron chi connectivity index (χ1n) is 8.18. The molecule has 0 unspecified atom stereocenters. The van der Waals surface area contributed by atoms with Crippen LogP contribution in [0.3, 0.4) is 0 Å². The maximum absolute atomic E-state index is 12.1. The molecule has 0 saturated carbocycles. The molecule has 0 saturated heterocycles. The number of hydrogen-bond donors (Lipinski definition) is 2. The van der Waals surface area contributed by atoms with Crippen molar-refractivity contribution in [3.63, 3.8) is 0 Å². The van der Waals surface area contributed by atoms with Gasteiger partial charge in [0.2, 0.25) is 0 Å². The van der Waals surface area contributed by atoms with Crippen LogP contribution >= 0.6 is 0 Å². The quantitative estimate of drug-likeness (QED) is 0.841. The standard InChI is InChI=1S/C18H29N3O2/c1-7-14(5)19-17(22)15-8-9-16(13(4)10-15)20-18(23)21(6)11-12(2)3/h8-10,12,14H,7,11H2,1-6H3,(H,19,22)(H,20,23)/t14-/m1/s1. The lowest BCUT2D eigenvalue weighted by molar-refractivity contribution is 0.0939. The molecular formula is C18H29N3O2. The van der Waals surface area contributed by atoms with Gasteiger partial charge in [0, 0.05) is 30.9 Å². The number of carbonyl (C=O) groups is 2. The SMILES string of the molecule is CC[C@@H](C)NC(=O)c1ccc(NC(=O)N(C)CC(C)C)c(C)c1. The van der Waals surface area contributed by atoms with Gasteiger partial charge in [-0.15, -0.1) is 0 Å². The van der Waals surface area contributed by atoms with E-state index >= 15 is 0 Å². The van der Waals surface area contributed by atoms with Crippen LogP contribution in [0.4, 0.5) is 10.5 Å². The van der Waals surface area contributed by atoms with Crippen molar-refractivity contribution < 1.29 is 9.59 Å². The lowest BCUT2D eigenvalue weighted by atomic mass is 10.1. The fraction of sp³-hybridized carbons (Fsp3) is 0.556. The van der Waals surface area contributed by atoms with E-state index in [0.29, 0.717) is 18.0 Å². The highest BCUT2D eigenvalue weighted by atomic mass is 16.2. The molecule has 0 aliphatic carbocycles. The fourth-order valence-corrected chi connectivity index (χ4v) is 2.20. The third kappa shape index (κ3) is 5.93. The van der Waals surface area contributed by atoms with E-state index in [0.717, 1.165) is 17.7 Å². The van der Waals surface area contributed by atoms with Crippen molar-refractivity contribution in [3.8, 4) is 0 Å². The predicted octanol–water partition coefficient (Wildman–Crippen LogP) is 3.64. The van der Waals surface area contributed by atoms with Gasteiger partial charge in [-0.2, -0.15) is 0 Å². The van der Waals surface area contributed by atoms with Gasteiger partial charge in [0.05, 0.1) is 0 Å². The minimum atomic E-state index is -0.140. The van der Waals surface area contributed by atoms with Crippen LogP contribution in [0, 0.1) is 12.8 Å². The molecule has 1 aromatic rings. The Bertz CT molecular complexity index is 555. The molecule has 0 bridgehead atoms. The molecule has 2 N–H and O–H groups in total. The van der Waals surface area contributed by atoms with E-state index in [1.807, 2.05) is 20.8 Å². The van der Waals surface area contributed by atoms with E-state index in [1.165, 1.54) is 0 Å². The topological polar surface area (TPSA) is 61.4 Å². The monoisotopic (exact) mass is 319 g/mol. The molecular weight excluding hydrogens is 290 g/mol. The van der Waals surface area contributed by atoms with Gasteiger partial charge in [-0.3, -0.25) is 4.79 Å². The van der Waals surface area contributed by atoms with Crippen LogP contribution in [0.1, 0.15) is 50.0 Å². The van der Waals surface area contributed by atoms with Crippen molar-refractivity contribution >= 4 is 17.6 Å². The average molecular weight is 319 g/mol. The molecule has 128 valence electrons. The van der Waals surface area contributed by atoms with Crippen LogP contribution in [0.5, 0.6) is 0 Å². The summed E-state index contributed by atoms with van der Waals surface area (Å²) in [6.07, 6.45) is 0.890. The molecule has 0 heterocycles. The molecule has 0 spiro atoms. The van der Waals surface area contributed by atoms with Gasteiger partial charge in [-0.1, -0.05) is 20.8 Å². The van der Waals surface area contributed by atoms with E-state index in [2.05, 4.69) is 24.5 Å². The Kier molecular flexibility index (Phi) is 7.07. The lowest BCUT2D eigenvalue weighted by Crippen LogP contribution is -2.34. The molecule has 1 aromatic carbocycles. The van der Waals surface area contributed by atoms with Crippen molar-refractivity contribution in [2.45, 2.75) is 47.1 Å². The number of nitrogens with zero attached hydrogens (tertiary/aromatic N) is 1. The van der Waals surface area contributed by atoms with Crippen LogP contribution in [0.15, 0.2) is 18.2 Å². The Morgan fingerprint density at radius 1 is 1.22 bits per heavy atom. The Morgan fingerprint density at radius 3 is 2.39 bits per heavy atom. The van der Waals surface area contributed by atoms with Gasteiger partial charge < -0.3 is 15.5 Å². The highest BCUT2D eigenvalue weighted by Gasteiger charge is 2.13. The van der Waals surface area contributed by atoms with Gasteiger partial charge in [0.1, 0.15) is 0 Å². The molecule has 0 radical (unpaired) electrons. The van der Waals surface area contributed by atoms with E-state index in [1.54, 1.807) is 30.1 Å². The lowest BCUT2D eigenvalue weighted by Gasteiger charge is -2.21. The molecule has 1 rings (SSSR count). The first-order valence-corrected chi connectivity index (χ1v) is 8.18. The number of benzene rings is 1. The van der Waals surface area contributed by atoms with Gasteiger partial charge in [-0.05, 0) is 49.9 Å². The van der Waals surface area contributed by atoms with E-state index in [4.69, 9.17) is 0 Å². The Hall–Kier alpha value is -2.04. The first-order chi connectivity index (χ1) is 10.7. The van der Waals surface area contributed by atoms with Gasteiger partial charge in [0.25, 0.3) is 5.91 Å². The zero-order valence-corrected chi connectivity index (χ0v) is 15.1. The molecule has 0 aliphatic rings. The van der Waals surface area contributed by atoms with Crippen molar-refractivity contribution in [1.82, 2.24) is 10.2 Å². The molecule has 0 fully saturated rings. The van der Waals surface area contributed by atoms with Crippen molar-refractivity contribution in [2.24, 2.45) is 5.92 Å². The summed E-state index contributed by atoms with van der Waals surface area (Å²) in [7, 11) is 1.78. The number of rotatable bonds is 6. The average Bonchev–Trinajstić information content (AvgIpc) is 2.48. The minimum absolute atomic E-state index is 0.0859. The smallest absolute Gasteiger partial charge is 0.321 e. The van der Waals surface area contributed by atoms with Crippen molar-refractivity contribution in [2.75, 3.05) is 18.9 Å². The molecule has 5 nitrogen and oxygen atoms in total. The number of aryl methyl sites for hydroxylation is 1. The molecule has 0 aromatic heterocycles. The second kappa shape index (κ2) is 8.56. The van der Waals surface area contributed by atoms with Gasteiger partial charge >= 0.3 is 6.03 Å². The number of urea groups is 1. The largest absolute Gasteiger partial charge is 0.350 e. The highest BCUT2D eigenvalue weighted by molar-refractivity contribution is 5.96. The molecule has 5 heteroatoms. The third-order valence-corrected chi connectivity index (χ3v) is 3.71. The summed E-state index contributed by atoms with van der Waals surface area (Å²) in [5.41, 5.74) is 2.20. The summed E-state index contributed by atoms with van der Waals surface area (Å²) < 4.78 is 0. The highest BCUT2D eigenvalue weighted by Crippen LogP contribution is 2.17. The zero-order valence-electron chi connectivity index (χ0n) is 15.1. The second-order valence-electron chi connectivity index (χ2n) is 6.52. The van der Waals surface area contributed by atoms with Crippen LogP contribution < -0.4 is 10.6 Å². The second-order valence-corrected chi connectivity index (χ2v) is 6.52. The summed E-state index contributed by atoms with van der Waals surface area (Å²) in [6, 6.07) is 5.33. The summed E-state index contributed by atoms with van der Waals surface area (Å²) in [5.74, 6) is 0.329. The summed E-state index contributed by atoms with van der Waals surface area (Å²) in [6.45, 7) is 10.7. The van der Waals surface area contributed by atoms with Crippen molar-refractivity contribution in [3.05, 3.63) is 29.3 Å². The minimum Gasteiger partial charge on any atom is -0.350 e. The van der Waals surface area contributed by atoms with E-state index in [-0.39, 0.29) is 18.0 Å². The van der Waals surface area contributed by atoms with Crippen molar-refractivity contribution in [1.29, 1.82) is 0 Å². The Balaban J connectivity index is 2.76. The van der Waals surface area contributed by atoms with Crippen LogP contribution in [0.2, 0.25) is 0 Å². The van der Waals surface area contributed by atoms with Gasteiger partial charge in [-0.25, -0.2) is 4.79 Å². The van der Waals surface area contributed by atoms with E-state index in [9.17, 15) is 9.59 Å². The van der Waals surface area contributed by atoms with Gasteiger partial charge in [0.15, 0.2) is 0 Å². The fourth-order valence-electron chi connectivity index (χ4n) is 2.20. The number of hydrogen-bond acceptors (Lipinski definition) is 2. The normalized spacial score (nSPS) is 12.0. The number of amides is 3. The first kappa shape index (κ1) is 19.0. The summed E-state index contributed by atoms with van der Waals surface area (Å²) in [5, 5.41) is 5.83. The third-order valence-electron chi connectivity index (χ3n) is 3.71. The summed E-state index contributed by atoms with van der Waals surface area (Å²) >= 11 is 0. The maximum atomic E-state index is 12.1. The molecule has 0 aliphatic heterocycles. The van der Waals surface area contributed by atoms with Crippen LogP contribution in [0.25, 0.3) is 0 Å². The maximum Gasteiger partial charge on any atom is 0.321 e. The number of nitrogens with one attached hydrogen (secondary N) is 2. The molecule has 3 amide bonds. The number of anilines is 1. The van der Waals surface area contributed by atoms with Crippen LogP contribution in [-0.4, -0.2) is 36.5 Å². The van der Waals surface area contributed by atoms with Crippen LogP contribution in [-0.2, 0) is 0 Å². The Morgan fingerprint density at radius 2 is 1.87 bits per heavy atom.